The lowest BCUT2D eigenvalue weighted by atomic mass is 9.87. The number of carbonyl (C=O) groups excluding carboxylic acids is 1. The molecular formula is C26H21Cl3O3. The van der Waals surface area contributed by atoms with Crippen molar-refractivity contribution in [3.05, 3.63) is 110 Å². The van der Waals surface area contributed by atoms with Crippen molar-refractivity contribution in [1.29, 1.82) is 0 Å². The fourth-order valence-electron chi connectivity index (χ4n) is 3.82. The molecule has 0 amide bonds. The first-order valence-electron chi connectivity index (χ1n) is 10.2. The molecule has 6 heteroatoms. The molecule has 3 aromatic rings. The van der Waals surface area contributed by atoms with E-state index in [4.69, 9.17) is 39.5 Å². The average molecular weight is 488 g/mol. The maximum Gasteiger partial charge on any atom is 0.342 e. The molecule has 0 saturated heterocycles. The highest BCUT2D eigenvalue weighted by Crippen LogP contribution is 2.45. The summed E-state index contributed by atoms with van der Waals surface area (Å²) < 4.78 is 5.58. The molecule has 1 atom stereocenters. The highest BCUT2D eigenvalue weighted by atomic mass is 35.5. The van der Waals surface area contributed by atoms with Crippen LogP contribution >= 0.6 is 34.8 Å². The Kier molecular flexibility index (Phi) is 6.37. The van der Waals surface area contributed by atoms with Crippen molar-refractivity contribution in [1.82, 2.24) is 0 Å². The first-order valence-corrected chi connectivity index (χ1v) is 11.3. The van der Waals surface area contributed by atoms with Gasteiger partial charge in [0.2, 0.25) is 0 Å². The Labute approximate surface area is 202 Å². The van der Waals surface area contributed by atoms with Crippen LogP contribution in [0, 0.1) is 0 Å². The van der Waals surface area contributed by atoms with Gasteiger partial charge in [-0.2, -0.15) is 0 Å². The van der Waals surface area contributed by atoms with E-state index in [0.717, 1.165) is 5.56 Å². The Bertz CT molecular complexity index is 1200. The quantitative estimate of drug-likeness (QED) is 0.388. The van der Waals surface area contributed by atoms with E-state index >= 15 is 0 Å². The normalized spacial score (nSPS) is 18.4. The Morgan fingerprint density at radius 3 is 2.16 bits per heavy atom. The van der Waals surface area contributed by atoms with Crippen molar-refractivity contribution in [3.63, 3.8) is 0 Å². The van der Waals surface area contributed by atoms with Crippen LogP contribution < -0.4 is 0 Å². The van der Waals surface area contributed by atoms with Crippen molar-refractivity contribution < 1.29 is 14.6 Å². The van der Waals surface area contributed by atoms with E-state index in [1.54, 1.807) is 42.5 Å². The van der Waals surface area contributed by atoms with Gasteiger partial charge in [-0.3, -0.25) is 0 Å². The van der Waals surface area contributed by atoms with Crippen molar-refractivity contribution >= 4 is 46.3 Å². The number of hydrogen-bond acceptors (Lipinski definition) is 3. The average Bonchev–Trinajstić information content (AvgIpc) is 3.01. The lowest BCUT2D eigenvalue weighted by Crippen LogP contribution is -2.29. The number of esters is 1. The molecule has 3 nitrogen and oxygen atoms in total. The number of benzene rings is 3. The second-order valence-corrected chi connectivity index (χ2v) is 9.35. The van der Waals surface area contributed by atoms with Crippen molar-refractivity contribution in [2.75, 3.05) is 0 Å². The molecule has 3 aromatic carbocycles. The van der Waals surface area contributed by atoms with Crippen molar-refractivity contribution in [2.45, 2.75) is 32.0 Å². The molecule has 0 radical (unpaired) electrons. The van der Waals surface area contributed by atoms with Crippen LogP contribution in [-0.2, 0) is 21.7 Å². The molecule has 1 aliphatic rings. The predicted molar refractivity (Wildman–Crippen MR) is 129 cm³/mol. The topological polar surface area (TPSA) is 46.5 Å². The van der Waals surface area contributed by atoms with Crippen LogP contribution in [0.3, 0.4) is 0 Å². The van der Waals surface area contributed by atoms with E-state index in [2.05, 4.69) is 26.0 Å². The summed E-state index contributed by atoms with van der Waals surface area (Å²) in [5.41, 5.74) is 3.79. The first kappa shape index (κ1) is 22.9. The molecule has 0 saturated carbocycles. The molecule has 0 spiro atoms. The summed E-state index contributed by atoms with van der Waals surface area (Å²) in [6.45, 7) is 4.26. The van der Waals surface area contributed by atoms with Crippen LogP contribution in [0.25, 0.3) is 5.57 Å². The molecule has 1 unspecified atom stereocenters. The third-order valence-electron chi connectivity index (χ3n) is 5.63. The van der Waals surface area contributed by atoms with E-state index in [1.165, 1.54) is 5.56 Å². The number of rotatable bonds is 5. The van der Waals surface area contributed by atoms with Crippen LogP contribution in [-0.4, -0.2) is 11.1 Å². The summed E-state index contributed by atoms with van der Waals surface area (Å²) >= 11 is 18.3. The lowest BCUT2D eigenvalue weighted by Gasteiger charge is -2.26. The number of carbonyl (C=O) groups is 1. The Balaban J connectivity index is 1.87. The molecule has 0 bridgehead atoms. The van der Waals surface area contributed by atoms with Gasteiger partial charge in [-0.15, -0.1) is 0 Å². The van der Waals surface area contributed by atoms with Gasteiger partial charge in [-0.05, 0) is 46.9 Å². The summed E-state index contributed by atoms with van der Waals surface area (Å²) in [5, 5.41) is 12.8. The standard InChI is InChI=1S/C26H21Cl3O3/c1-15(2)17-5-3-16(4-6-17)13-21-24(18-7-12-22(28)23(29)14-18)25(30)32-26(21,31)19-8-10-20(27)11-9-19/h3-12,14-15,31H,13H2,1-2H3. The van der Waals surface area contributed by atoms with Gasteiger partial charge in [0.15, 0.2) is 0 Å². The van der Waals surface area contributed by atoms with E-state index in [1.807, 2.05) is 12.1 Å². The molecular weight excluding hydrogens is 467 g/mol. The van der Waals surface area contributed by atoms with Crippen LogP contribution in [0.2, 0.25) is 15.1 Å². The smallest absolute Gasteiger partial charge is 0.342 e. The zero-order valence-corrected chi connectivity index (χ0v) is 19.8. The van der Waals surface area contributed by atoms with E-state index in [0.29, 0.717) is 44.1 Å². The molecule has 1 N–H and O–H groups in total. The summed E-state index contributed by atoms with van der Waals surface area (Å²) in [7, 11) is 0. The molecule has 164 valence electrons. The van der Waals surface area contributed by atoms with Crippen LogP contribution in [0.1, 0.15) is 42.0 Å². The van der Waals surface area contributed by atoms with Gasteiger partial charge in [-0.25, -0.2) is 4.79 Å². The molecule has 0 fully saturated rings. The van der Waals surface area contributed by atoms with Gasteiger partial charge in [0.1, 0.15) is 0 Å². The molecule has 4 rings (SSSR count). The van der Waals surface area contributed by atoms with Gasteiger partial charge < -0.3 is 9.84 Å². The largest absolute Gasteiger partial charge is 0.421 e. The zero-order valence-electron chi connectivity index (χ0n) is 17.5. The van der Waals surface area contributed by atoms with Gasteiger partial charge in [-0.1, -0.05) is 91.1 Å². The maximum atomic E-state index is 13.0. The fraction of sp³-hybridized carbons (Fsp3) is 0.192. The second kappa shape index (κ2) is 8.92. The number of aliphatic hydroxyl groups is 1. The van der Waals surface area contributed by atoms with E-state index < -0.39 is 11.8 Å². The number of ether oxygens (including phenoxy) is 1. The van der Waals surface area contributed by atoms with Gasteiger partial charge >= 0.3 is 5.97 Å². The summed E-state index contributed by atoms with van der Waals surface area (Å²) in [6.07, 6.45) is 0.304. The lowest BCUT2D eigenvalue weighted by molar-refractivity contribution is -0.185. The summed E-state index contributed by atoms with van der Waals surface area (Å²) in [6, 6.07) is 19.6. The zero-order chi connectivity index (χ0) is 23.0. The van der Waals surface area contributed by atoms with E-state index in [-0.39, 0.29) is 5.57 Å². The third kappa shape index (κ3) is 4.31. The Morgan fingerprint density at radius 1 is 0.906 bits per heavy atom. The molecule has 32 heavy (non-hydrogen) atoms. The minimum Gasteiger partial charge on any atom is -0.421 e. The fourth-order valence-corrected chi connectivity index (χ4v) is 4.25. The summed E-state index contributed by atoms with van der Waals surface area (Å²) in [5.74, 6) is -2.16. The third-order valence-corrected chi connectivity index (χ3v) is 6.62. The number of hydrogen-bond donors (Lipinski definition) is 1. The van der Waals surface area contributed by atoms with Crippen LogP contribution in [0.5, 0.6) is 0 Å². The SMILES string of the molecule is CC(C)c1ccc(CC2=C(c3ccc(Cl)c(Cl)c3)C(=O)OC2(O)c2ccc(Cl)cc2)cc1. The first-order chi connectivity index (χ1) is 15.2. The van der Waals surface area contributed by atoms with Crippen LogP contribution in [0.15, 0.2) is 72.3 Å². The Hall–Kier alpha value is -2.30. The molecule has 0 aromatic heterocycles. The highest BCUT2D eigenvalue weighted by Gasteiger charge is 2.48. The molecule has 1 aliphatic heterocycles. The summed E-state index contributed by atoms with van der Waals surface area (Å²) in [4.78, 5) is 13.0. The number of halogens is 3. The monoisotopic (exact) mass is 486 g/mol. The molecule has 0 aliphatic carbocycles. The minimum absolute atomic E-state index is 0.272. The van der Waals surface area contributed by atoms with Gasteiger partial charge in [0, 0.05) is 22.6 Å². The van der Waals surface area contributed by atoms with Crippen LogP contribution in [0.4, 0.5) is 0 Å². The van der Waals surface area contributed by atoms with Gasteiger partial charge in [0.05, 0.1) is 15.6 Å². The van der Waals surface area contributed by atoms with Crippen molar-refractivity contribution in [3.8, 4) is 0 Å². The Morgan fingerprint density at radius 2 is 1.56 bits per heavy atom. The maximum absolute atomic E-state index is 13.0. The van der Waals surface area contributed by atoms with Crippen molar-refractivity contribution in [2.24, 2.45) is 0 Å². The molecule has 1 heterocycles. The van der Waals surface area contributed by atoms with Gasteiger partial charge in [0.25, 0.3) is 5.79 Å². The predicted octanol–water partition coefficient (Wildman–Crippen LogP) is 7.17. The number of cyclic esters (lactones) is 1. The second-order valence-electron chi connectivity index (χ2n) is 8.10. The highest BCUT2D eigenvalue weighted by molar-refractivity contribution is 6.42. The van der Waals surface area contributed by atoms with E-state index in [9.17, 15) is 9.90 Å². The minimum atomic E-state index is -1.93.